The van der Waals surface area contributed by atoms with E-state index in [-0.39, 0.29) is 47.8 Å². The summed E-state index contributed by atoms with van der Waals surface area (Å²) in [6, 6.07) is 0. The van der Waals surface area contributed by atoms with Crippen LogP contribution in [0.2, 0.25) is 0 Å². The molecule has 6 aliphatic carbocycles. The van der Waals surface area contributed by atoms with Gasteiger partial charge in [-0.1, -0.05) is 41.5 Å². The van der Waals surface area contributed by atoms with E-state index in [1.807, 2.05) is 0 Å². The second-order valence-electron chi connectivity index (χ2n) is 11.5. The van der Waals surface area contributed by atoms with E-state index in [9.17, 15) is 9.59 Å². The van der Waals surface area contributed by atoms with E-state index in [0.29, 0.717) is 23.7 Å². The summed E-state index contributed by atoms with van der Waals surface area (Å²) in [6.45, 7) is 13.8. The largest absolute Gasteiger partial charge is 0.462 e. The van der Waals surface area contributed by atoms with Crippen LogP contribution >= 0.6 is 0 Å². The number of hydrogen-bond acceptors (Lipinski definition) is 4. The van der Waals surface area contributed by atoms with Crippen LogP contribution in [-0.2, 0) is 19.1 Å². The third kappa shape index (κ3) is 3.10. The molecule has 8 unspecified atom stereocenters. The Balaban J connectivity index is 1.24. The van der Waals surface area contributed by atoms with Crippen molar-refractivity contribution < 1.29 is 19.1 Å². The highest BCUT2D eigenvalue weighted by molar-refractivity contribution is 5.77. The van der Waals surface area contributed by atoms with Gasteiger partial charge in [0.2, 0.25) is 0 Å². The van der Waals surface area contributed by atoms with Crippen LogP contribution in [0.15, 0.2) is 0 Å². The van der Waals surface area contributed by atoms with Gasteiger partial charge in [-0.25, -0.2) is 0 Å². The van der Waals surface area contributed by atoms with Crippen LogP contribution in [0.5, 0.6) is 0 Å². The van der Waals surface area contributed by atoms with Gasteiger partial charge in [0.1, 0.15) is 12.2 Å². The normalized spacial score (nSPS) is 44.6. The van der Waals surface area contributed by atoms with Crippen LogP contribution in [0.4, 0.5) is 0 Å². The number of fused-ring (bicyclic) bond motifs is 4. The Labute approximate surface area is 170 Å². The highest BCUT2D eigenvalue weighted by Gasteiger charge is 2.59. The zero-order valence-electron chi connectivity index (χ0n) is 18.5. The summed E-state index contributed by atoms with van der Waals surface area (Å²) in [4.78, 5) is 24.8. The standard InChI is InChI=1S/C24H38O4/c1-13-9-19(17-11-15(13)23(17,3)4)27-21(25)7-8-22(26)28-20-10-14(2)16-12-18(20)24(16,5)6/h13-20H,7-12H2,1-6H3. The minimum atomic E-state index is -0.239. The summed E-state index contributed by atoms with van der Waals surface area (Å²) >= 11 is 0. The lowest BCUT2D eigenvalue weighted by atomic mass is 9.45. The molecule has 4 bridgehead atoms. The molecule has 0 spiro atoms. The van der Waals surface area contributed by atoms with Gasteiger partial charge in [0.25, 0.3) is 0 Å². The molecule has 0 N–H and O–H groups in total. The molecule has 0 aromatic carbocycles. The highest BCUT2D eigenvalue weighted by Crippen LogP contribution is 2.62. The van der Waals surface area contributed by atoms with E-state index in [1.54, 1.807) is 0 Å². The first-order valence-corrected chi connectivity index (χ1v) is 11.4. The van der Waals surface area contributed by atoms with Crippen LogP contribution < -0.4 is 0 Å². The van der Waals surface area contributed by atoms with Crippen molar-refractivity contribution in [2.45, 2.75) is 92.3 Å². The summed E-state index contributed by atoms with van der Waals surface area (Å²) in [6.07, 6.45) is 4.59. The molecule has 158 valence electrons. The minimum Gasteiger partial charge on any atom is -0.462 e. The molecule has 6 aliphatic rings. The van der Waals surface area contributed by atoms with Crippen molar-refractivity contribution in [1.29, 1.82) is 0 Å². The second-order valence-corrected chi connectivity index (χ2v) is 11.5. The first kappa shape index (κ1) is 20.2. The quantitative estimate of drug-likeness (QED) is 0.620. The lowest BCUT2D eigenvalue weighted by Gasteiger charge is -2.62. The average Bonchev–Trinajstić information content (AvgIpc) is 2.58. The van der Waals surface area contributed by atoms with Gasteiger partial charge in [-0.15, -0.1) is 0 Å². The summed E-state index contributed by atoms with van der Waals surface area (Å²) in [5.41, 5.74) is 0.541. The molecule has 4 heteroatoms. The zero-order valence-corrected chi connectivity index (χ0v) is 18.5. The molecular weight excluding hydrogens is 352 g/mol. The van der Waals surface area contributed by atoms with E-state index >= 15 is 0 Å². The third-order valence-corrected chi connectivity index (χ3v) is 9.42. The molecule has 0 aromatic rings. The van der Waals surface area contributed by atoms with Crippen molar-refractivity contribution in [3.05, 3.63) is 0 Å². The molecule has 6 saturated carbocycles. The van der Waals surface area contributed by atoms with Gasteiger partial charge < -0.3 is 9.47 Å². The molecule has 0 saturated heterocycles. The second kappa shape index (κ2) is 6.74. The number of carbonyl (C=O) groups is 2. The van der Waals surface area contributed by atoms with E-state index in [4.69, 9.17) is 9.47 Å². The van der Waals surface area contributed by atoms with E-state index < -0.39 is 0 Å². The van der Waals surface area contributed by atoms with Crippen molar-refractivity contribution in [3.63, 3.8) is 0 Å². The molecular formula is C24H38O4. The molecule has 0 aliphatic heterocycles. The molecule has 6 fully saturated rings. The van der Waals surface area contributed by atoms with Gasteiger partial charge in [-0.3, -0.25) is 9.59 Å². The zero-order chi connectivity index (χ0) is 20.4. The lowest BCUT2D eigenvalue weighted by molar-refractivity contribution is -0.199. The van der Waals surface area contributed by atoms with Crippen molar-refractivity contribution in [1.82, 2.24) is 0 Å². The highest BCUT2D eigenvalue weighted by atomic mass is 16.6. The monoisotopic (exact) mass is 390 g/mol. The van der Waals surface area contributed by atoms with Crippen LogP contribution in [0, 0.1) is 46.3 Å². The van der Waals surface area contributed by atoms with Gasteiger partial charge in [0.15, 0.2) is 0 Å². The van der Waals surface area contributed by atoms with Crippen molar-refractivity contribution in [2.24, 2.45) is 46.3 Å². The Morgan fingerprint density at radius 1 is 0.679 bits per heavy atom. The van der Waals surface area contributed by atoms with Gasteiger partial charge in [0, 0.05) is 11.8 Å². The lowest BCUT2D eigenvalue weighted by Crippen LogP contribution is -2.59. The number of esters is 2. The maximum Gasteiger partial charge on any atom is 0.306 e. The first-order valence-electron chi connectivity index (χ1n) is 11.4. The smallest absolute Gasteiger partial charge is 0.306 e. The van der Waals surface area contributed by atoms with Crippen molar-refractivity contribution >= 4 is 11.9 Å². The fourth-order valence-electron chi connectivity index (χ4n) is 7.49. The average molecular weight is 391 g/mol. The van der Waals surface area contributed by atoms with Gasteiger partial charge in [-0.05, 0) is 60.2 Å². The number of hydrogen-bond donors (Lipinski definition) is 0. The van der Waals surface area contributed by atoms with E-state index in [0.717, 1.165) is 24.7 Å². The molecule has 6 rings (SSSR count). The molecule has 0 heterocycles. The first-order chi connectivity index (χ1) is 13.0. The molecule has 0 amide bonds. The summed E-state index contributed by atoms with van der Waals surface area (Å²) in [7, 11) is 0. The van der Waals surface area contributed by atoms with E-state index in [2.05, 4.69) is 41.5 Å². The Kier molecular flexibility index (Phi) is 4.87. The minimum absolute atomic E-state index is 0.0189. The van der Waals surface area contributed by atoms with Gasteiger partial charge >= 0.3 is 11.9 Å². The predicted octanol–water partition coefficient (Wildman–Crippen LogP) is 4.99. The number of rotatable bonds is 5. The van der Waals surface area contributed by atoms with Gasteiger partial charge in [0.05, 0.1) is 12.8 Å². The third-order valence-electron chi connectivity index (χ3n) is 9.42. The predicted molar refractivity (Wildman–Crippen MR) is 107 cm³/mol. The number of ether oxygens (including phenoxy) is 2. The fourth-order valence-corrected chi connectivity index (χ4v) is 7.49. The van der Waals surface area contributed by atoms with Crippen molar-refractivity contribution in [3.8, 4) is 0 Å². The molecule has 8 atom stereocenters. The van der Waals surface area contributed by atoms with Gasteiger partial charge in [-0.2, -0.15) is 0 Å². The van der Waals surface area contributed by atoms with Crippen LogP contribution in [-0.4, -0.2) is 24.1 Å². The van der Waals surface area contributed by atoms with Crippen LogP contribution in [0.1, 0.15) is 80.1 Å². The Bertz CT molecular complexity index is 595. The van der Waals surface area contributed by atoms with Crippen molar-refractivity contribution in [2.75, 3.05) is 0 Å². The molecule has 0 radical (unpaired) electrons. The summed E-state index contributed by atoms with van der Waals surface area (Å²) in [5.74, 6) is 3.19. The topological polar surface area (TPSA) is 52.6 Å². The maximum absolute atomic E-state index is 12.4. The summed E-state index contributed by atoms with van der Waals surface area (Å²) in [5, 5.41) is 0. The maximum atomic E-state index is 12.4. The van der Waals surface area contributed by atoms with E-state index in [1.165, 1.54) is 12.8 Å². The van der Waals surface area contributed by atoms with Crippen LogP contribution in [0.25, 0.3) is 0 Å². The fraction of sp³-hybridized carbons (Fsp3) is 0.917. The Hall–Kier alpha value is -1.06. The molecule has 28 heavy (non-hydrogen) atoms. The molecule has 0 aromatic heterocycles. The SMILES string of the molecule is CC1CC(OC(=O)CCC(=O)OC2CC(C)C3CC2C3(C)C)C2CC1C2(C)C. The Morgan fingerprint density at radius 3 is 1.32 bits per heavy atom. The summed E-state index contributed by atoms with van der Waals surface area (Å²) < 4.78 is 11.6. The number of carbonyl (C=O) groups excluding carboxylic acids is 2. The Morgan fingerprint density at radius 2 is 1.04 bits per heavy atom. The van der Waals surface area contributed by atoms with Crippen LogP contribution in [0.3, 0.4) is 0 Å². The molecule has 4 nitrogen and oxygen atoms in total.